The molecule has 1 fully saturated rings. The molecule has 1 saturated carbocycles. The summed E-state index contributed by atoms with van der Waals surface area (Å²) in [6.07, 6.45) is 7.04. The molecule has 0 unspecified atom stereocenters. The van der Waals surface area contributed by atoms with Crippen LogP contribution in [0.4, 0.5) is 0 Å². The molecule has 0 spiro atoms. The summed E-state index contributed by atoms with van der Waals surface area (Å²) in [7, 11) is -2.64. The van der Waals surface area contributed by atoms with Gasteiger partial charge in [-0.05, 0) is 31.9 Å². The van der Waals surface area contributed by atoms with Gasteiger partial charge < -0.3 is 4.74 Å². The monoisotopic (exact) mass is 345 g/mol. The van der Waals surface area contributed by atoms with Gasteiger partial charge in [0.2, 0.25) is 5.88 Å². The quantitative estimate of drug-likeness (QED) is 0.622. The highest BCUT2D eigenvalue weighted by molar-refractivity contribution is 7.98. The highest BCUT2D eigenvalue weighted by Crippen LogP contribution is 2.45. The molecular formula is C17H18N4O2S. The van der Waals surface area contributed by atoms with E-state index in [1.165, 1.54) is 18.1 Å². The second kappa shape index (κ2) is 6.12. The minimum atomic E-state index is -2.64. The van der Waals surface area contributed by atoms with Gasteiger partial charge in [0.25, 0.3) is 0 Å². The second-order valence-corrected chi connectivity index (χ2v) is 6.77. The largest absolute Gasteiger partial charge is 0.480 e. The maximum atomic E-state index is 12.3. The number of aryl methyl sites for hydroxylation is 1. The van der Waals surface area contributed by atoms with Crippen LogP contribution in [0, 0.1) is 0 Å². The fourth-order valence-electron chi connectivity index (χ4n) is 3.08. The number of ketones is 1. The van der Waals surface area contributed by atoms with Gasteiger partial charge in [0.15, 0.2) is 11.6 Å². The van der Waals surface area contributed by atoms with Gasteiger partial charge in [-0.2, -0.15) is 0 Å². The van der Waals surface area contributed by atoms with Crippen molar-refractivity contribution in [1.82, 2.24) is 19.9 Å². The molecule has 124 valence electrons. The zero-order valence-corrected chi connectivity index (χ0v) is 14.0. The van der Waals surface area contributed by atoms with Crippen molar-refractivity contribution in [2.24, 2.45) is 0 Å². The van der Waals surface area contributed by atoms with Gasteiger partial charge in [-0.1, -0.05) is 0 Å². The van der Waals surface area contributed by atoms with Crippen molar-refractivity contribution < 1.29 is 13.6 Å². The molecule has 0 aromatic carbocycles. The van der Waals surface area contributed by atoms with E-state index in [4.69, 9.17) is 8.85 Å². The van der Waals surface area contributed by atoms with Crippen LogP contribution >= 0.6 is 11.8 Å². The molecule has 0 atom stereocenters. The first-order valence-corrected chi connectivity index (χ1v) is 9.12. The number of ether oxygens (including phenoxy) is 1. The standard InChI is InChI=1S/C17H18N4O2S/c1-23-16-13(14(9-6-7-9)18-8-19-16)15-20-10-4-3-5-11(22)12(10)17(21-15)24-2/h8-9H,3-7H2,1-2H3/i1D3. The Kier molecular flexibility index (Phi) is 3.15. The molecule has 2 aromatic heterocycles. The van der Waals surface area contributed by atoms with Gasteiger partial charge in [-0.25, -0.2) is 19.9 Å². The minimum Gasteiger partial charge on any atom is -0.480 e. The van der Waals surface area contributed by atoms with Gasteiger partial charge >= 0.3 is 0 Å². The van der Waals surface area contributed by atoms with E-state index in [0.717, 1.165) is 19.3 Å². The Morgan fingerprint density at radius 1 is 1.25 bits per heavy atom. The van der Waals surface area contributed by atoms with Crippen molar-refractivity contribution in [3.63, 3.8) is 0 Å². The van der Waals surface area contributed by atoms with Gasteiger partial charge in [-0.15, -0.1) is 11.8 Å². The van der Waals surface area contributed by atoms with Crippen LogP contribution in [0.5, 0.6) is 5.88 Å². The van der Waals surface area contributed by atoms with Crippen LogP contribution in [-0.4, -0.2) is 39.0 Å². The molecule has 7 heteroatoms. The first kappa shape index (κ1) is 12.4. The smallest absolute Gasteiger partial charge is 0.227 e. The summed E-state index contributed by atoms with van der Waals surface area (Å²) in [5.74, 6) is 0.564. The number of nitrogens with zero attached hydrogens (tertiary/aromatic N) is 4. The van der Waals surface area contributed by atoms with Crippen molar-refractivity contribution in [3.05, 3.63) is 23.3 Å². The summed E-state index contributed by atoms with van der Waals surface area (Å²) >= 11 is 1.38. The van der Waals surface area contributed by atoms with Crippen molar-refractivity contribution >= 4 is 17.5 Å². The van der Waals surface area contributed by atoms with Crippen molar-refractivity contribution in [2.75, 3.05) is 13.3 Å². The maximum absolute atomic E-state index is 12.3. The van der Waals surface area contributed by atoms with Gasteiger partial charge in [0.05, 0.1) is 28.1 Å². The van der Waals surface area contributed by atoms with Crippen LogP contribution in [0.1, 0.15) is 57.5 Å². The van der Waals surface area contributed by atoms with E-state index < -0.39 is 7.04 Å². The Hall–Kier alpha value is -2.02. The summed E-state index contributed by atoms with van der Waals surface area (Å²) in [6.45, 7) is 0. The fraction of sp³-hybridized carbons (Fsp3) is 0.471. The zero-order chi connectivity index (χ0) is 19.2. The number of hydrogen-bond acceptors (Lipinski definition) is 7. The van der Waals surface area contributed by atoms with Crippen LogP contribution in [0.25, 0.3) is 11.4 Å². The predicted octanol–water partition coefficient (Wildman–Crippen LogP) is 3.06. The van der Waals surface area contributed by atoms with Crippen molar-refractivity contribution in [2.45, 2.75) is 43.0 Å². The molecule has 0 saturated heterocycles. The SMILES string of the molecule is [2H]C([2H])([2H])Oc1ncnc(C2CC2)c1-c1nc2c(c(SC)n1)C(=O)CCC2. The number of Topliss-reactive ketones (excluding diaryl/α,β-unsaturated/α-hetero) is 1. The molecule has 0 aliphatic heterocycles. The number of aromatic nitrogens is 4. The third kappa shape index (κ3) is 2.56. The molecule has 24 heavy (non-hydrogen) atoms. The highest BCUT2D eigenvalue weighted by atomic mass is 32.2. The average molecular weight is 345 g/mol. The number of thioether (sulfide) groups is 1. The van der Waals surface area contributed by atoms with E-state index >= 15 is 0 Å². The topological polar surface area (TPSA) is 77.9 Å². The van der Waals surface area contributed by atoms with Crippen molar-refractivity contribution in [3.8, 4) is 17.3 Å². The number of hydrogen-bond donors (Lipinski definition) is 0. The summed E-state index contributed by atoms with van der Waals surface area (Å²) in [5, 5.41) is 0.602. The Morgan fingerprint density at radius 2 is 2.12 bits per heavy atom. The summed E-state index contributed by atoms with van der Waals surface area (Å²) < 4.78 is 27.5. The third-order valence-corrected chi connectivity index (χ3v) is 5.05. The first-order chi connectivity index (χ1) is 12.9. The first-order valence-electron chi connectivity index (χ1n) is 9.40. The lowest BCUT2D eigenvalue weighted by molar-refractivity contribution is 0.0967. The Morgan fingerprint density at radius 3 is 2.88 bits per heavy atom. The van der Waals surface area contributed by atoms with E-state index in [2.05, 4.69) is 19.9 Å². The fourth-order valence-corrected chi connectivity index (χ4v) is 3.70. The normalized spacial score (nSPS) is 19.2. The van der Waals surface area contributed by atoms with Gasteiger partial charge in [0, 0.05) is 12.3 Å². The molecule has 6 nitrogen and oxygen atoms in total. The molecule has 2 aliphatic carbocycles. The van der Waals surface area contributed by atoms with Crippen LogP contribution in [-0.2, 0) is 6.42 Å². The van der Waals surface area contributed by atoms with E-state index in [-0.39, 0.29) is 17.6 Å². The Balaban J connectivity index is 1.91. The molecule has 0 bridgehead atoms. The van der Waals surface area contributed by atoms with E-state index in [1.807, 2.05) is 6.26 Å². The zero-order valence-electron chi connectivity index (χ0n) is 16.2. The highest BCUT2D eigenvalue weighted by Gasteiger charge is 2.32. The van der Waals surface area contributed by atoms with E-state index in [1.54, 1.807) is 0 Å². The van der Waals surface area contributed by atoms with E-state index in [9.17, 15) is 4.79 Å². The second-order valence-electron chi connectivity index (χ2n) is 5.97. The Bertz CT molecular complexity index is 899. The molecule has 0 N–H and O–H groups in total. The molecule has 2 aromatic rings. The van der Waals surface area contributed by atoms with Crippen LogP contribution in [0.3, 0.4) is 0 Å². The number of fused-ring (bicyclic) bond motifs is 1. The lowest BCUT2D eigenvalue weighted by Gasteiger charge is -2.18. The summed E-state index contributed by atoms with van der Waals surface area (Å²) in [6, 6.07) is 0. The van der Waals surface area contributed by atoms with Crippen LogP contribution in [0.2, 0.25) is 0 Å². The molecule has 0 radical (unpaired) electrons. The Labute approximate surface area is 148 Å². The summed E-state index contributed by atoms with van der Waals surface area (Å²) in [5.41, 5.74) is 2.41. The molecule has 2 heterocycles. The third-order valence-electron chi connectivity index (χ3n) is 4.37. The van der Waals surface area contributed by atoms with Crippen LogP contribution < -0.4 is 4.74 Å². The maximum Gasteiger partial charge on any atom is 0.227 e. The molecule has 0 amide bonds. The minimum absolute atomic E-state index is 0.0407. The number of carbonyl (C=O) groups is 1. The summed E-state index contributed by atoms with van der Waals surface area (Å²) in [4.78, 5) is 29.9. The number of carbonyl (C=O) groups excluding carboxylic acids is 1. The van der Waals surface area contributed by atoms with Crippen LogP contribution in [0.15, 0.2) is 11.4 Å². The molecule has 2 aliphatic rings. The van der Waals surface area contributed by atoms with Gasteiger partial charge in [0.1, 0.15) is 16.9 Å². The van der Waals surface area contributed by atoms with Crippen molar-refractivity contribution in [1.29, 1.82) is 0 Å². The molecular weight excluding hydrogens is 324 g/mol. The average Bonchev–Trinajstić information content (AvgIpc) is 3.44. The number of methoxy groups -OCH3 is 1. The predicted molar refractivity (Wildman–Crippen MR) is 90.6 cm³/mol. The number of rotatable bonds is 4. The molecule has 4 rings (SSSR count). The lowest BCUT2D eigenvalue weighted by Crippen LogP contribution is -2.16. The van der Waals surface area contributed by atoms with E-state index in [0.29, 0.717) is 46.2 Å². The lowest BCUT2D eigenvalue weighted by atomic mass is 9.96. The van der Waals surface area contributed by atoms with Gasteiger partial charge in [-0.3, -0.25) is 4.79 Å².